The molecule has 0 spiro atoms. The maximum Gasteiger partial charge on any atom is 0.0991 e. The average molecular weight is 271 g/mol. The van der Waals surface area contributed by atoms with E-state index in [4.69, 9.17) is 0 Å². The summed E-state index contributed by atoms with van der Waals surface area (Å²) in [7, 11) is 4.28. The molecule has 1 aromatic carbocycles. The zero-order valence-electron chi connectivity index (χ0n) is 12.6. The number of aryl methyl sites for hydroxylation is 1. The minimum Gasteiger partial charge on any atom is -0.309 e. The number of imidazole rings is 1. The molecule has 0 saturated heterocycles. The Kier molecular flexibility index (Phi) is 5.81. The van der Waals surface area contributed by atoms with Crippen molar-refractivity contribution in [1.82, 2.24) is 14.5 Å². The van der Waals surface area contributed by atoms with Crippen molar-refractivity contribution in [3.8, 4) is 5.69 Å². The van der Waals surface area contributed by atoms with E-state index in [0.717, 1.165) is 0 Å². The first-order valence-corrected chi connectivity index (χ1v) is 7.48. The molecule has 3 heteroatoms. The van der Waals surface area contributed by atoms with Crippen molar-refractivity contribution >= 4 is 0 Å². The van der Waals surface area contributed by atoms with Crippen LogP contribution in [0.25, 0.3) is 5.69 Å². The highest BCUT2D eigenvalue weighted by molar-refractivity contribution is 5.34. The maximum atomic E-state index is 4.07. The van der Waals surface area contributed by atoms with E-state index in [-0.39, 0.29) is 0 Å². The Labute approximate surface area is 122 Å². The molecule has 0 aliphatic rings. The normalized spacial score (nSPS) is 11.2. The van der Waals surface area contributed by atoms with Crippen LogP contribution in [0.2, 0.25) is 0 Å². The van der Waals surface area contributed by atoms with Gasteiger partial charge in [-0.25, -0.2) is 4.98 Å². The number of unbranched alkanes of at least 4 members (excludes halogenated alkanes) is 3. The van der Waals surface area contributed by atoms with Gasteiger partial charge in [0.15, 0.2) is 0 Å². The minimum absolute atomic E-state index is 1.18. The van der Waals surface area contributed by atoms with Gasteiger partial charge in [0.2, 0.25) is 0 Å². The summed E-state index contributed by atoms with van der Waals surface area (Å²) in [6.07, 6.45) is 12.1. The standard InChI is InChI=1S/C17H25N3/c1-19(2)13-6-4-3-5-7-16-8-10-17(11-9-16)20-14-12-18-15-20/h8-12,14-15H,3-7,13H2,1-2H3. The van der Waals surface area contributed by atoms with Gasteiger partial charge in [0.25, 0.3) is 0 Å². The zero-order valence-corrected chi connectivity index (χ0v) is 12.6. The number of nitrogens with zero attached hydrogens (tertiary/aromatic N) is 3. The van der Waals surface area contributed by atoms with Gasteiger partial charge in [0, 0.05) is 18.1 Å². The lowest BCUT2D eigenvalue weighted by Crippen LogP contribution is -2.12. The van der Waals surface area contributed by atoms with Gasteiger partial charge in [0.05, 0.1) is 6.33 Å². The fourth-order valence-electron chi connectivity index (χ4n) is 2.36. The quantitative estimate of drug-likeness (QED) is 0.685. The topological polar surface area (TPSA) is 21.1 Å². The second-order valence-corrected chi connectivity index (χ2v) is 5.60. The largest absolute Gasteiger partial charge is 0.309 e. The molecule has 0 aliphatic heterocycles. The number of aromatic nitrogens is 2. The first-order valence-electron chi connectivity index (χ1n) is 7.48. The maximum absolute atomic E-state index is 4.07. The molecule has 20 heavy (non-hydrogen) atoms. The van der Waals surface area contributed by atoms with Crippen LogP contribution in [0.4, 0.5) is 0 Å². The predicted octanol–water partition coefficient (Wildman–Crippen LogP) is 3.54. The molecule has 108 valence electrons. The summed E-state index contributed by atoms with van der Waals surface area (Å²) in [6.45, 7) is 1.21. The molecule has 0 saturated carbocycles. The molecular weight excluding hydrogens is 246 g/mol. The molecule has 0 N–H and O–H groups in total. The SMILES string of the molecule is CN(C)CCCCCCc1ccc(-n2ccnc2)cc1. The van der Waals surface area contributed by atoms with E-state index in [9.17, 15) is 0 Å². The van der Waals surface area contributed by atoms with Crippen LogP contribution >= 0.6 is 0 Å². The molecule has 0 amide bonds. The van der Waals surface area contributed by atoms with Gasteiger partial charge in [-0.2, -0.15) is 0 Å². The molecule has 2 aromatic rings. The van der Waals surface area contributed by atoms with Gasteiger partial charge in [-0.15, -0.1) is 0 Å². The summed E-state index contributed by atoms with van der Waals surface area (Å²) in [5.74, 6) is 0. The lowest BCUT2D eigenvalue weighted by atomic mass is 10.1. The van der Waals surface area contributed by atoms with Crippen molar-refractivity contribution < 1.29 is 0 Å². The molecule has 0 fully saturated rings. The number of benzene rings is 1. The summed E-state index contributed by atoms with van der Waals surface area (Å²) in [5, 5.41) is 0. The molecule has 1 heterocycles. The van der Waals surface area contributed by atoms with Crippen LogP contribution in [-0.2, 0) is 6.42 Å². The average Bonchev–Trinajstić information content (AvgIpc) is 2.97. The summed E-state index contributed by atoms with van der Waals surface area (Å²) in [4.78, 5) is 6.33. The molecule has 0 unspecified atom stereocenters. The van der Waals surface area contributed by atoms with Crippen LogP contribution in [0.3, 0.4) is 0 Å². The highest BCUT2D eigenvalue weighted by atomic mass is 15.0. The van der Waals surface area contributed by atoms with Gasteiger partial charge in [0.1, 0.15) is 0 Å². The van der Waals surface area contributed by atoms with Crippen LogP contribution in [0, 0.1) is 0 Å². The molecular formula is C17H25N3. The number of rotatable bonds is 8. The zero-order chi connectivity index (χ0) is 14.2. The van der Waals surface area contributed by atoms with E-state index in [1.165, 1.54) is 49.9 Å². The monoisotopic (exact) mass is 271 g/mol. The molecule has 0 bridgehead atoms. The van der Waals surface area contributed by atoms with E-state index < -0.39 is 0 Å². The van der Waals surface area contributed by atoms with Crippen molar-refractivity contribution in [3.63, 3.8) is 0 Å². The van der Waals surface area contributed by atoms with Crippen LogP contribution in [0.5, 0.6) is 0 Å². The van der Waals surface area contributed by atoms with Gasteiger partial charge in [-0.05, 0) is 57.6 Å². The third-order valence-corrected chi connectivity index (χ3v) is 3.56. The third-order valence-electron chi connectivity index (χ3n) is 3.56. The summed E-state index contributed by atoms with van der Waals surface area (Å²) < 4.78 is 2.03. The highest BCUT2D eigenvalue weighted by Gasteiger charge is 1.97. The third kappa shape index (κ3) is 4.82. The van der Waals surface area contributed by atoms with Crippen LogP contribution in [-0.4, -0.2) is 35.1 Å². The lowest BCUT2D eigenvalue weighted by molar-refractivity contribution is 0.390. The van der Waals surface area contributed by atoms with E-state index in [1.807, 2.05) is 23.3 Å². The van der Waals surface area contributed by atoms with Crippen LogP contribution in [0.15, 0.2) is 43.0 Å². The molecule has 0 radical (unpaired) electrons. The number of hydrogen-bond donors (Lipinski definition) is 0. The van der Waals surface area contributed by atoms with Crippen molar-refractivity contribution in [2.45, 2.75) is 32.1 Å². The molecule has 3 nitrogen and oxygen atoms in total. The van der Waals surface area contributed by atoms with E-state index in [2.05, 4.69) is 48.2 Å². The second-order valence-electron chi connectivity index (χ2n) is 5.60. The Morgan fingerprint density at radius 3 is 2.40 bits per heavy atom. The fourth-order valence-corrected chi connectivity index (χ4v) is 2.36. The Bertz CT molecular complexity index is 471. The summed E-state index contributed by atoms with van der Waals surface area (Å²) >= 11 is 0. The summed E-state index contributed by atoms with van der Waals surface area (Å²) in [5.41, 5.74) is 2.61. The van der Waals surface area contributed by atoms with Crippen molar-refractivity contribution in [2.24, 2.45) is 0 Å². The van der Waals surface area contributed by atoms with Crippen molar-refractivity contribution in [3.05, 3.63) is 48.5 Å². The van der Waals surface area contributed by atoms with Crippen molar-refractivity contribution in [2.75, 3.05) is 20.6 Å². The molecule has 1 aromatic heterocycles. The molecule has 0 atom stereocenters. The smallest absolute Gasteiger partial charge is 0.0991 e. The highest BCUT2D eigenvalue weighted by Crippen LogP contribution is 2.12. The first-order chi connectivity index (χ1) is 9.75. The van der Waals surface area contributed by atoms with Gasteiger partial charge in [-0.1, -0.05) is 25.0 Å². The lowest BCUT2D eigenvalue weighted by Gasteiger charge is -2.08. The van der Waals surface area contributed by atoms with E-state index >= 15 is 0 Å². The van der Waals surface area contributed by atoms with E-state index in [1.54, 1.807) is 0 Å². The van der Waals surface area contributed by atoms with E-state index in [0.29, 0.717) is 0 Å². The van der Waals surface area contributed by atoms with Crippen molar-refractivity contribution in [1.29, 1.82) is 0 Å². The second kappa shape index (κ2) is 7.85. The Morgan fingerprint density at radius 1 is 1.00 bits per heavy atom. The summed E-state index contributed by atoms with van der Waals surface area (Å²) in [6, 6.07) is 8.80. The number of hydrogen-bond acceptors (Lipinski definition) is 2. The van der Waals surface area contributed by atoms with Crippen LogP contribution in [0.1, 0.15) is 31.2 Å². The Morgan fingerprint density at radius 2 is 1.75 bits per heavy atom. The predicted molar refractivity (Wildman–Crippen MR) is 84.3 cm³/mol. The Hall–Kier alpha value is -1.61. The van der Waals surface area contributed by atoms with Gasteiger partial charge < -0.3 is 9.47 Å². The molecule has 0 aliphatic carbocycles. The minimum atomic E-state index is 1.18. The van der Waals surface area contributed by atoms with Gasteiger partial charge in [-0.3, -0.25) is 0 Å². The first kappa shape index (κ1) is 14.8. The van der Waals surface area contributed by atoms with Gasteiger partial charge >= 0.3 is 0 Å². The fraction of sp³-hybridized carbons (Fsp3) is 0.471. The Balaban J connectivity index is 1.69. The molecule has 2 rings (SSSR count). The van der Waals surface area contributed by atoms with Crippen LogP contribution < -0.4 is 0 Å².